The van der Waals surface area contributed by atoms with Crippen molar-refractivity contribution in [1.82, 2.24) is 20.0 Å². The standard InChI is InChI=1S/C18H20ClN5O2/c1-25-18(14-4-2-5-15(12-14)24-7-3-6-20-24)13-16(21-17(19)22-18)23-8-10-26-11-9-23/h2-7,12-13H,8-11H2,1H3,(H,21,22). The highest BCUT2D eigenvalue weighted by atomic mass is 35.5. The van der Waals surface area contributed by atoms with Gasteiger partial charge in [-0.2, -0.15) is 5.10 Å². The largest absolute Gasteiger partial charge is 0.378 e. The Morgan fingerprint density at radius 2 is 2.12 bits per heavy atom. The molecule has 0 aliphatic carbocycles. The van der Waals surface area contributed by atoms with Crippen LogP contribution in [0.3, 0.4) is 0 Å². The third kappa shape index (κ3) is 3.21. The third-order valence-corrected chi connectivity index (χ3v) is 4.71. The number of ether oxygens (including phenoxy) is 2. The number of rotatable bonds is 4. The molecule has 136 valence electrons. The number of aliphatic imine (C=N–C) groups is 1. The third-order valence-electron chi connectivity index (χ3n) is 4.53. The molecule has 0 saturated carbocycles. The highest BCUT2D eigenvalue weighted by Gasteiger charge is 2.36. The molecule has 2 aliphatic heterocycles. The van der Waals surface area contributed by atoms with Crippen LogP contribution in [0.2, 0.25) is 0 Å². The number of nitrogens with one attached hydrogen (secondary N) is 1. The highest BCUT2D eigenvalue weighted by Crippen LogP contribution is 2.31. The van der Waals surface area contributed by atoms with Gasteiger partial charge >= 0.3 is 0 Å². The van der Waals surface area contributed by atoms with Crippen molar-refractivity contribution in [2.75, 3.05) is 33.4 Å². The van der Waals surface area contributed by atoms with Gasteiger partial charge in [0.25, 0.3) is 0 Å². The molecule has 0 spiro atoms. The van der Waals surface area contributed by atoms with Crippen molar-refractivity contribution >= 4 is 16.9 Å². The molecule has 2 aliphatic rings. The van der Waals surface area contributed by atoms with Crippen molar-refractivity contribution in [2.45, 2.75) is 5.72 Å². The Kier molecular flexibility index (Phi) is 4.67. The minimum absolute atomic E-state index is 0.292. The molecule has 1 unspecified atom stereocenters. The monoisotopic (exact) mass is 373 g/mol. The molecule has 1 N–H and O–H groups in total. The zero-order chi connectivity index (χ0) is 18.0. The predicted molar refractivity (Wildman–Crippen MR) is 99.1 cm³/mol. The van der Waals surface area contributed by atoms with Crippen LogP contribution in [0.25, 0.3) is 5.69 Å². The molecule has 7 nitrogen and oxygen atoms in total. The lowest BCUT2D eigenvalue weighted by atomic mass is 10.0. The van der Waals surface area contributed by atoms with Crippen molar-refractivity contribution in [2.24, 2.45) is 4.99 Å². The molecule has 8 heteroatoms. The van der Waals surface area contributed by atoms with E-state index in [4.69, 9.17) is 21.1 Å². The zero-order valence-electron chi connectivity index (χ0n) is 14.4. The number of methoxy groups -OCH3 is 1. The van der Waals surface area contributed by atoms with Gasteiger partial charge in [0.2, 0.25) is 5.29 Å². The lowest BCUT2D eigenvalue weighted by Crippen LogP contribution is -2.48. The Hall–Kier alpha value is -2.35. The van der Waals surface area contributed by atoms with Gasteiger partial charge < -0.3 is 19.7 Å². The second kappa shape index (κ2) is 7.11. The van der Waals surface area contributed by atoms with E-state index in [1.165, 1.54) is 0 Å². The molecular weight excluding hydrogens is 354 g/mol. The average molecular weight is 374 g/mol. The Balaban J connectivity index is 1.73. The summed E-state index contributed by atoms with van der Waals surface area (Å²) in [6.07, 6.45) is 5.61. The first-order chi connectivity index (χ1) is 12.7. The summed E-state index contributed by atoms with van der Waals surface area (Å²) < 4.78 is 13.1. The Labute approximate surface area is 156 Å². The number of hydrogen-bond donors (Lipinski definition) is 1. The number of amidine groups is 1. The van der Waals surface area contributed by atoms with E-state index in [0.29, 0.717) is 18.5 Å². The van der Waals surface area contributed by atoms with E-state index in [1.807, 2.05) is 42.6 Å². The summed E-state index contributed by atoms with van der Waals surface area (Å²) in [4.78, 5) is 6.60. The topological polar surface area (TPSA) is 63.9 Å². The summed E-state index contributed by atoms with van der Waals surface area (Å²) in [7, 11) is 1.65. The molecule has 26 heavy (non-hydrogen) atoms. The smallest absolute Gasteiger partial charge is 0.200 e. The molecule has 1 saturated heterocycles. The summed E-state index contributed by atoms with van der Waals surface area (Å²) >= 11 is 6.33. The van der Waals surface area contributed by atoms with Gasteiger partial charge in [-0.05, 0) is 29.8 Å². The van der Waals surface area contributed by atoms with Crippen molar-refractivity contribution in [3.05, 3.63) is 60.2 Å². The van der Waals surface area contributed by atoms with Crippen LogP contribution in [0.15, 0.2) is 59.6 Å². The summed E-state index contributed by atoms with van der Waals surface area (Å²) in [5, 5.41) is 7.75. The van der Waals surface area contributed by atoms with Gasteiger partial charge in [0.15, 0.2) is 5.72 Å². The van der Waals surface area contributed by atoms with Gasteiger partial charge in [-0.15, -0.1) is 0 Å². The lowest BCUT2D eigenvalue weighted by Gasteiger charge is -2.37. The van der Waals surface area contributed by atoms with E-state index in [0.717, 1.165) is 30.2 Å². The van der Waals surface area contributed by atoms with Crippen LogP contribution in [0.4, 0.5) is 0 Å². The summed E-state index contributed by atoms with van der Waals surface area (Å²) in [6.45, 7) is 2.89. The van der Waals surface area contributed by atoms with Crippen LogP contribution in [0, 0.1) is 0 Å². The number of morpholine rings is 1. The number of nitrogens with zero attached hydrogens (tertiary/aromatic N) is 4. The summed E-state index contributed by atoms with van der Waals surface area (Å²) in [6, 6.07) is 9.86. The van der Waals surface area contributed by atoms with Gasteiger partial charge in [0.1, 0.15) is 5.82 Å². The summed E-state index contributed by atoms with van der Waals surface area (Å²) in [5.41, 5.74) is 0.938. The predicted octanol–water partition coefficient (Wildman–Crippen LogP) is 2.04. The second-order valence-corrected chi connectivity index (χ2v) is 6.43. The van der Waals surface area contributed by atoms with Crippen LogP contribution in [-0.2, 0) is 15.2 Å². The number of benzene rings is 1. The first-order valence-corrected chi connectivity index (χ1v) is 8.82. The van der Waals surface area contributed by atoms with E-state index in [1.54, 1.807) is 18.0 Å². The SMILES string of the molecule is COC1(c2cccc(-n3cccn3)c2)C=C(N2CCOCC2)N=C(Cl)N1. The molecule has 1 atom stereocenters. The number of hydrogen-bond acceptors (Lipinski definition) is 6. The Morgan fingerprint density at radius 1 is 1.27 bits per heavy atom. The van der Waals surface area contributed by atoms with Gasteiger partial charge in [0, 0.05) is 44.2 Å². The van der Waals surface area contributed by atoms with Gasteiger partial charge in [-0.3, -0.25) is 0 Å². The maximum atomic E-state index is 6.33. The van der Waals surface area contributed by atoms with Crippen molar-refractivity contribution in [1.29, 1.82) is 0 Å². The first-order valence-electron chi connectivity index (χ1n) is 8.44. The maximum absolute atomic E-state index is 6.33. The van der Waals surface area contributed by atoms with Crippen LogP contribution in [-0.4, -0.2) is 53.4 Å². The number of aromatic nitrogens is 2. The average Bonchev–Trinajstić information content (AvgIpc) is 3.23. The Bertz CT molecular complexity index is 830. The van der Waals surface area contributed by atoms with E-state index >= 15 is 0 Å². The maximum Gasteiger partial charge on any atom is 0.200 e. The summed E-state index contributed by atoms with van der Waals surface area (Å²) in [5.74, 6) is 0.781. The normalized spacial score (nSPS) is 23.2. The van der Waals surface area contributed by atoms with Crippen LogP contribution in [0.1, 0.15) is 5.56 Å². The van der Waals surface area contributed by atoms with E-state index in [2.05, 4.69) is 20.3 Å². The van der Waals surface area contributed by atoms with Crippen LogP contribution in [0.5, 0.6) is 0 Å². The molecule has 1 fully saturated rings. The van der Waals surface area contributed by atoms with E-state index in [-0.39, 0.29) is 0 Å². The molecule has 1 aromatic heterocycles. The highest BCUT2D eigenvalue weighted by molar-refractivity contribution is 6.65. The van der Waals surface area contributed by atoms with E-state index < -0.39 is 5.72 Å². The molecule has 4 rings (SSSR count). The zero-order valence-corrected chi connectivity index (χ0v) is 15.2. The minimum Gasteiger partial charge on any atom is -0.378 e. The van der Waals surface area contributed by atoms with Crippen LogP contribution < -0.4 is 5.32 Å². The Morgan fingerprint density at radius 3 is 2.85 bits per heavy atom. The molecule has 0 radical (unpaired) electrons. The molecular formula is C18H20ClN5O2. The molecule has 1 aromatic carbocycles. The molecule has 2 aromatic rings. The van der Waals surface area contributed by atoms with Crippen molar-refractivity contribution < 1.29 is 9.47 Å². The fourth-order valence-corrected chi connectivity index (χ4v) is 3.40. The van der Waals surface area contributed by atoms with Gasteiger partial charge in [-0.25, -0.2) is 9.67 Å². The lowest BCUT2D eigenvalue weighted by molar-refractivity contribution is 0.00829. The van der Waals surface area contributed by atoms with Gasteiger partial charge in [-0.1, -0.05) is 12.1 Å². The number of halogens is 1. The molecule has 0 amide bonds. The minimum atomic E-state index is -0.907. The first kappa shape index (κ1) is 17.1. The fourth-order valence-electron chi connectivity index (χ4n) is 3.17. The van der Waals surface area contributed by atoms with Crippen molar-refractivity contribution in [3.8, 4) is 5.69 Å². The van der Waals surface area contributed by atoms with Crippen molar-refractivity contribution in [3.63, 3.8) is 0 Å². The van der Waals surface area contributed by atoms with E-state index in [9.17, 15) is 0 Å². The van der Waals surface area contributed by atoms with Gasteiger partial charge in [0.05, 0.1) is 18.9 Å². The molecule has 0 bridgehead atoms. The molecule has 3 heterocycles. The van der Waals surface area contributed by atoms with Crippen LogP contribution >= 0.6 is 11.6 Å². The second-order valence-electron chi connectivity index (χ2n) is 6.07. The quantitative estimate of drug-likeness (QED) is 0.831. The fraction of sp³-hybridized carbons (Fsp3) is 0.333.